The average Bonchev–Trinajstić information content (AvgIpc) is 2.69. The zero-order chi connectivity index (χ0) is 20.5. The number of para-hydroxylation sites is 1. The van der Waals surface area contributed by atoms with Crippen LogP contribution in [0, 0.1) is 6.92 Å². The van der Waals surface area contributed by atoms with E-state index in [4.69, 9.17) is 0 Å². The standard InChI is InChI=1S/C23H31N3O2/c1-5-15-26(16-22(27)24-21-14-10-9-11-18(21)2)23(28)17-25(4)19(3)20-12-7-6-8-13-20/h6-14,19H,5,15-17H2,1-4H3,(H,24,27). The van der Waals surface area contributed by atoms with Gasteiger partial charge in [-0.1, -0.05) is 55.5 Å². The van der Waals surface area contributed by atoms with Crippen LogP contribution in [0.1, 0.15) is 37.4 Å². The van der Waals surface area contributed by atoms with Crippen LogP contribution in [0.5, 0.6) is 0 Å². The Hall–Kier alpha value is -2.66. The molecule has 0 bridgehead atoms. The molecule has 150 valence electrons. The van der Waals surface area contributed by atoms with Crippen LogP contribution < -0.4 is 5.32 Å². The van der Waals surface area contributed by atoms with Crippen molar-refractivity contribution in [1.29, 1.82) is 0 Å². The summed E-state index contributed by atoms with van der Waals surface area (Å²) >= 11 is 0. The largest absolute Gasteiger partial charge is 0.332 e. The zero-order valence-corrected chi connectivity index (χ0v) is 17.3. The summed E-state index contributed by atoms with van der Waals surface area (Å²) < 4.78 is 0. The summed E-state index contributed by atoms with van der Waals surface area (Å²) in [6.07, 6.45) is 0.807. The number of nitrogens with one attached hydrogen (secondary N) is 1. The number of carbonyl (C=O) groups is 2. The second-order valence-electron chi connectivity index (χ2n) is 7.18. The van der Waals surface area contributed by atoms with Gasteiger partial charge in [-0.25, -0.2) is 0 Å². The fourth-order valence-electron chi connectivity index (χ4n) is 3.07. The number of anilines is 1. The maximum atomic E-state index is 12.8. The average molecular weight is 382 g/mol. The van der Waals surface area contributed by atoms with E-state index in [9.17, 15) is 9.59 Å². The summed E-state index contributed by atoms with van der Waals surface area (Å²) in [5, 5.41) is 2.91. The highest BCUT2D eigenvalue weighted by atomic mass is 16.2. The summed E-state index contributed by atoms with van der Waals surface area (Å²) in [6, 6.07) is 17.9. The zero-order valence-electron chi connectivity index (χ0n) is 17.3. The van der Waals surface area contributed by atoms with Crippen molar-refractivity contribution in [3.05, 3.63) is 65.7 Å². The predicted molar refractivity (Wildman–Crippen MR) is 114 cm³/mol. The van der Waals surface area contributed by atoms with E-state index in [1.165, 1.54) is 0 Å². The molecule has 5 nitrogen and oxygen atoms in total. The Morgan fingerprint density at radius 2 is 1.64 bits per heavy atom. The fraction of sp³-hybridized carbons (Fsp3) is 0.391. The highest BCUT2D eigenvalue weighted by Crippen LogP contribution is 2.18. The van der Waals surface area contributed by atoms with Gasteiger partial charge in [0.25, 0.3) is 0 Å². The van der Waals surface area contributed by atoms with Crippen LogP contribution in [-0.4, -0.2) is 48.3 Å². The van der Waals surface area contributed by atoms with Crippen LogP contribution in [-0.2, 0) is 9.59 Å². The Labute approximate surface area is 168 Å². The van der Waals surface area contributed by atoms with Crippen molar-refractivity contribution in [2.75, 3.05) is 32.0 Å². The maximum absolute atomic E-state index is 12.8. The maximum Gasteiger partial charge on any atom is 0.244 e. The molecule has 0 fully saturated rings. The molecule has 0 aliphatic carbocycles. The van der Waals surface area contributed by atoms with Crippen LogP contribution in [0.25, 0.3) is 0 Å². The van der Waals surface area contributed by atoms with Gasteiger partial charge in [-0.05, 0) is 44.5 Å². The fourth-order valence-corrected chi connectivity index (χ4v) is 3.07. The molecule has 0 aromatic heterocycles. The lowest BCUT2D eigenvalue weighted by Gasteiger charge is -2.28. The summed E-state index contributed by atoms with van der Waals surface area (Å²) in [4.78, 5) is 29.0. The first kappa shape index (κ1) is 21.6. The van der Waals surface area contributed by atoms with Gasteiger partial charge in [0.1, 0.15) is 0 Å². The van der Waals surface area contributed by atoms with Gasteiger partial charge in [0.2, 0.25) is 11.8 Å². The van der Waals surface area contributed by atoms with E-state index in [1.54, 1.807) is 4.90 Å². The lowest BCUT2D eigenvalue weighted by atomic mass is 10.1. The van der Waals surface area contributed by atoms with Crippen molar-refractivity contribution >= 4 is 17.5 Å². The van der Waals surface area contributed by atoms with Crippen molar-refractivity contribution in [2.24, 2.45) is 0 Å². The first-order chi connectivity index (χ1) is 13.4. The molecular formula is C23H31N3O2. The number of likely N-dealkylation sites (N-methyl/N-ethyl adjacent to an activating group) is 1. The molecule has 1 unspecified atom stereocenters. The van der Waals surface area contributed by atoms with Crippen molar-refractivity contribution in [3.63, 3.8) is 0 Å². The minimum Gasteiger partial charge on any atom is -0.332 e. The Morgan fingerprint density at radius 1 is 1.00 bits per heavy atom. The van der Waals surface area contributed by atoms with E-state index in [0.717, 1.165) is 23.2 Å². The third-order valence-corrected chi connectivity index (χ3v) is 4.93. The Balaban J connectivity index is 1.97. The molecule has 0 spiro atoms. The van der Waals surface area contributed by atoms with Crippen LogP contribution in [0.15, 0.2) is 54.6 Å². The van der Waals surface area contributed by atoms with Gasteiger partial charge in [0.15, 0.2) is 0 Å². The van der Waals surface area contributed by atoms with Gasteiger partial charge in [-0.2, -0.15) is 0 Å². The van der Waals surface area contributed by atoms with E-state index in [-0.39, 0.29) is 30.9 Å². The molecule has 2 aromatic rings. The smallest absolute Gasteiger partial charge is 0.244 e. The number of amides is 2. The van der Waals surface area contributed by atoms with E-state index < -0.39 is 0 Å². The third-order valence-electron chi connectivity index (χ3n) is 4.93. The van der Waals surface area contributed by atoms with Crippen LogP contribution in [0.2, 0.25) is 0 Å². The lowest BCUT2D eigenvalue weighted by Crippen LogP contribution is -2.43. The number of hydrogen-bond donors (Lipinski definition) is 1. The number of rotatable bonds is 9. The first-order valence-corrected chi connectivity index (χ1v) is 9.80. The summed E-state index contributed by atoms with van der Waals surface area (Å²) in [7, 11) is 1.94. The van der Waals surface area contributed by atoms with E-state index in [2.05, 4.69) is 24.4 Å². The molecule has 2 rings (SSSR count). The predicted octanol–water partition coefficient (Wildman–Crippen LogP) is 3.87. The van der Waals surface area contributed by atoms with Crippen molar-refractivity contribution < 1.29 is 9.59 Å². The molecule has 1 N–H and O–H groups in total. The molecule has 0 aliphatic rings. The molecular weight excluding hydrogens is 350 g/mol. The molecule has 2 amide bonds. The summed E-state index contributed by atoms with van der Waals surface area (Å²) in [5.41, 5.74) is 2.95. The number of aryl methyl sites for hydroxylation is 1. The number of nitrogens with zero attached hydrogens (tertiary/aromatic N) is 2. The van der Waals surface area contributed by atoms with Crippen molar-refractivity contribution in [1.82, 2.24) is 9.80 Å². The van der Waals surface area contributed by atoms with E-state index >= 15 is 0 Å². The highest BCUT2D eigenvalue weighted by molar-refractivity contribution is 5.95. The SMILES string of the molecule is CCCN(CC(=O)Nc1ccccc1C)C(=O)CN(C)C(C)c1ccccc1. The molecule has 2 aromatic carbocycles. The quantitative estimate of drug-likeness (QED) is 0.717. The van der Waals surface area contributed by atoms with E-state index in [1.807, 2.05) is 68.3 Å². The van der Waals surface area contributed by atoms with Crippen LogP contribution in [0.3, 0.4) is 0 Å². The summed E-state index contributed by atoms with van der Waals surface area (Å²) in [6.45, 7) is 6.94. The van der Waals surface area contributed by atoms with Gasteiger partial charge in [-0.3, -0.25) is 14.5 Å². The molecule has 0 heterocycles. The van der Waals surface area contributed by atoms with Crippen LogP contribution >= 0.6 is 0 Å². The highest BCUT2D eigenvalue weighted by Gasteiger charge is 2.21. The van der Waals surface area contributed by atoms with Gasteiger partial charge >= 0.3 is 0 Å². The van der Waals surface area contributed by atoms with Crippen molar-refractivity contribution in [3.8, 4) is 0 Å². The molecule has 0 radical (unpaired) electrons. The number of hydrogen-bond acceptors (Lipinski definition) is 3. The molecule has 5 heteroatoms. The van der Waals surface area contributed by atoms with Gasteiger partial charge in [-0.15, -0.1) is 0 Å². The number of carbonyl (C=O) groups excluding carboxylic acids is 2. The molecule has 0 saturated heterocycles. The lowest BCUT2D eigenvalue weighted by molar-refractivity contribution is -0.135. The van der Waals surface area contributed by atoms with E-state index in [0.29, 0.717) is 6.54 Å². The molecule has 28 heavy (non-hydrogen) atoms. The van der Waals surface area contributed by atoms with Gasteiger partial charge in [0, 0.05) is 18.3 Å². The Kier molecular flexibility index (Phi) is 8.20. The minimum absolute atomic E-state index is 0.0351. The third kappa shape index (κ3) is 6.20. The normalized spacial score (nSPS) is 11.9. The monoisotopic (exact) mass is 381 g/mol. The second-order valence-corrected chi connectivity index (χ2v) is 7.18. The topological polar surface area (TPSA) is 52.7 Å². The first-order valence-electron chi connectivity index (χ1n) is 9.80. The minimum atomic E-state index is -0.171. The van der Waals surface area contributed by atoms with Gasteiger partial charge < -0.3 is 10.2 Å². The second kappa shape index (κ2) is 10.6. The molecule has 0 saturated carbocycles. The van der Waals surface area contributed by atoms with Gasteiger partial charge in [0.05, 0.1) is 13.1 Å². The Morgan fingerprint density at radius 3 is 2.29 bits per heavy atom. The summed E-state index contributed by atoms with van der Waals surface area (Å²) in [5.74, 6) is -0.207. The molecule has 1 atom stereocenters. The van der Waals surface area contributed by atoms with Crippen molar-refractivity contribution in [2.45, 2.75) is 33.2 Å². The number of benzene rings is 2. The molecule has 0 aliphatic heterocycles. The van der Waals surface area contributed by atoms with Crippen LogP contribution in [0.4, 0.5) is 5.69 Å². The Bertz CT molecular complexity index is 776.